The summed E-state index contributed by atoms with van der Waals surface area (Å²) in [6.07, 6.45) is 7.40. The first-order valence-electron chi connectivity index (χ1n) is 4.37. The van der Waals surface area contributed by atoms with E-state index >= 15 is 0 Å². The minimum Gasteiger partial charge on any atom is -0.366 e. The van der Waals surface area contributed by atoms with Crippen molar-refractivity contribution in [2.24, 2.45) is 5.41 Å². The molecule has 0 aromatic rings. The highest BCUT2D eigenvalue weighted by molar-refractivity contribution is 5.13. The summed E-state index contributed by atoms with van der Waals surface area (Å²) in [4.78, 5) is 0. The van der Waals surface area contributed by atoms with Crippen LogP contribution in [0.3, 0.4) is 0 Å². The van der Waals surface area contributed by atoms with Crippen molar-refractivity contribution in [3.8, 4) is 0 Å². The van der Waals surface area contributed by atoms with Crippen LogP contribution in [-0.4, -0.2) is 11.7 Å². The number of hydrogen-bond acceptors (Lipinski definition) is 1. The molecule has 1 nitrogen and oxygen atoms in total. The molecule has 2 rings (SSSR count). The normalized spacial score (nSPS) is 46.3. The number of allylic oxidation sites excluding steroid dienone is 1. The Balaban J connectivity index is 2.16. The van der Waals surface area contributed by atoms with Crippen LogP contribution in [0.4, 0.5) is 0 Å². The molecule has 0 spiro atoms. The second kappa shape index (κ2) is 1.89. The fourth-order valence-electron chi connectivity index (χ4n) is 1.89. The van der Waals surface area contributed by atoms with Crippen LogP contribution in [-0.2, 0) is 4.74 Å². The molecule has 0 radical (unpaired) electrons. The van der Waals surface area contributed by atoms with Crippen LogP contribution in [0, 0.1) is 5.41 Å². The Morgan fingerprint density at radius 3 is 2.82 bits per heavy atom. The largest absolute Gasteiger partial charge is 0.366 e. The average molecular weight is 152 g/mol. The summed E-state index contributed by atoms with van der Waals surface area (Å²) in [6.45, 7) is 6.76. The molecule has 1 heterocycles. The van der Waals surface area contributed by atoms with Crippen molar-refractivity contribution in [2.75, 3.05) is 0 Å². The minimum atomic E-state index is 0.199. The summed E-state index contributed by atoms with van der Waals surface area (Å²) in [7, 11) is 0. The summed E-state index contributed by atoms with van der Waals surface area (Å²) in [5, 5.41) is 0. The first-order valence-corrected chi connectivity index (χ1v) is 4.37. The number of epoxide rings is 1. The Labute approximate surface area is 68.4 Å². The fraction of sp³-hybridized carbons (Fsp3) is 0.800. The first-order chi connectivity index (χ1) is 5.02. The summed E-state index contributed by atoms with van der Waals surface area (Å²) >= 11 is 0. The van der Waals surface area contributed by atoms with Gasteiger partial charge in [0.1, 0.15) is 0 Å². The van der Waals surface area contributed by atoms with Gasteiger partial charge in [0.25, 0.3) is 0 Å². The van der Waals surface area contributed by atoms with Gasteiger partial charge in [-0.1, -0.05) is 26.0 Å². The monoisotopic (exact) mass is 152 g/mol. The summed E-state index contributed by atoms with van der Waals surface area (Å²) in [6, 6.07) is 0. The molecule has 2 atom stereocenters. The molecule has 1 fully saturated rings. The second-order valence-corrected chi connectivity index (χ2v) is 4.72. The third kappa shape index (κ3) is 1.22. The van der Waals surface area contributed by atoms with E-state index in [4.69, 9.17) is 4.74 Å². The van der Waals surface area contributed by atoms with Gasteiger partial charge in [-0.3, -0.25) is 0 Å². The maximum Gasteiger partial charge on any atom is 0.0954 e. The highest BCUT2D eigenvalue weighted by Crippen LogP contribution is 2.48. The molecule has 1 saturated heterocycles. The van der Waals surface area contributed by atoms with Crippen molar-refractivity contribution in [1.82, 2.24) is 0 Å². The molecule has 0 aromatic carbocycles. The third-order valence-corrected chi connectivity index (χ3v) is 2.84. The van der Waals surface area contributed by atoms with Gasteiger partial charge in [0.2, 0.25) is 0 Å². The van der Waals surface area contributed by atoms with Crippen molar-refractivity contribution in [2.45, 2.75) is 45.3 Å². The van der Waals surface area contributed by atoms with E-state index < -0.39 is 0 Å². The molecular formula is C10H16O. The molecule has 62 valence electrons. The van der Waals surface area contributed by atoms with Crippen molar-refractivity contribution < 1.29 is 4.74 Å². The quantitative estimate of drug-likeness (QED) is 0.384. The molecule has 0 aromatic heterocycles. The molecule has 0 saturated carbocycles. The summed E-state index contributed by atoms with van der Waals surface area (Å²) < 4.78 is 5.63. The predicted molar refractivity (Wildman–Crippen MR) is 45.4 cm³/mol. The number of rotatable bonds is 0. The number of ether oxygens (including phenoxy) is 1. The van der Waals surface area contributed by atoms with Gasteiger partial charge in [-0.15, -0.1) is 0 Å². The average Bonchev–Trinajstić information content (AvgIpc) is 2.38. The Morgan fingerprint density at radius 1 is 1.36 bits per heavy atom. The first kappa shape index (κ1) is 7.35. The van der Waals surface area contributed by atoms with Crippen LogP contribution in [0.5, 0.6) is 0 Å². The lowest BCUT2D eigenvalue weighted by molar-refractivity contribution is 0.281. The van der Waals surface area contributed by atoms with Crippen molar-refractivity contribution in [3.05, 3.63) is 12.2 Å². The second-order valence-electron chi connectivity index (χ2n) is 4.72. The van der Waals surface area contributed by atoms with Gasteiger partial charge in [-0.25, -0.2) is 0 Å². The molecule has 1 aliphatic heterocycles. The van der Waals surface area contributed by atoms with Gasteiger partial charge in [-0.05, 0) is 25.2 Å². The Bertz CT molecular complexity index is 205. The van der Waals surface area contributed by atoms with E-state index in [1.54, 1.807) is 0 Å². The van der Waals surface area contributed by atoms with Crippen LogP contribution in [0.2, 0.25) is 0 Å². The SMILES string of the molecule is CC1(C)C=CCC2(C)OC2C1. The molecule has 1 aliphatic carbocycles. The maximum atomic E-state index is 5.63. The van der Waals surface area contributed by atoms with Gasteiger partial charge < -0.3 is 4.74 Å². The van der Waals surface area contributed by atoms with E-state index in [1.165, 1.54) is 6.42 Å². The number of fused-ring (bicyclic) bond motifs is 1. The predicted octanol–water partition coefficient (Wildman–Crippen LogP) is 2.52. The van der Waals surface area contributed by atoms with Gasteiger partial charge >= 0.3 is 0 Å². The minimum absolute atomic E-state index is 0.199. The molecular weight excluding hydrogens is 136 g/mol. The van der Waals surface area contributed by atoms with E-state index in [9.17, 15) is 0 Å². The van der Waals surface area contributed by atoms with Crippen molar-refractivity contribution >= 4 is 0 Å². The lowest BCUT2D eigenvalue weighted by Crippen LogP contribution is -2.13. The Hall–Kier alpha value is -0.300. The zero-order valence-corrected chi connectivity index (χ0v) is 7.55. The summed E-state index contributed by atoms with van der Waals surface area (Å²) in [5.74, 6) is 0. The molecule has 1 heteroatoms. The summed E-state index contributed by atoms with van der Waals surface area (Å²) in [5.41, 5.74) is 0.545. The van der Waals surface area contributed by atoms with Crippen LogP contribution < -0.4 is 0 Å². The van der Waals surface area contributed by atoms with Crippen molar-refractivity contribution in [3.63, 3.8) is 0 Å². The topological polar surface area (TPSA) is 12.5 Å². The van der Waals surface area contributed by atoms with E-state index in [-0.39, 0.29) is 5.60 Å². The fourth-order valence-corrected chi connectivity index (χ4v) is 1.89. The zero-order chi connectivity index (χ0) is 8.11. The van der Waals surface area contributed by atoms with Gasteiger partial charge in [0.15, 0.2) is 0 Å². The number of hydrogen-bond donors (Lipinski definition) is 0. The maximum absolute atomic E-state index is 5.63. The van der Waals surface area contributed by atoms with Crippen LogP contribution in [0.15, 0.2) is 12.2 Å². The molecule has 2 aliphatic rings. The van der Waals surface area contributed by atoms with Gasteiger partial charge in [0, 0.05) is 0 Å². The van der Waals surface area contributed by atoms with Crippen LogP contribution in [0.1, 0.15) is 33.6 Å². The highest BCUT2D eigenvalue weighted by atomic mass is 16.6. The zero-order valence-electron chi connectivity index (χ0n) is 7.55. The Kier molecular flexibility index (Phi) is 1.26. The highest BCUT2D eigenvalue weighted by Gasteiger charge is 2.53. The molecule has 2 unspecified atom stereocenters. The van der Waals surface area contributed by atoms with Gasteiger partial charge in [-0.2, -0.15) is 0 Å². The van der Waals surface area contributed by atoms with Gasteiger partial charge in [0.05, 0.1) is 11.7 Å². The lowest BCUT2D eigenvalue weighted by atomic mass is 9.87. The standard InChI is InChI=1S/C10H16O/c1-9(2)5-4-6-10(3)8(7-9)11-10/h4-5,8H,6-7H2,1-3H3. The third-order valence-electron chi connectivity index (χ3n) is 2.84. The van der Waals surface area contributed by atoms with Crippen LogP contribution in [0.25, 0.3) is 0 Å². The molecule has 0 N–H and O–H groups in total. The van der Waals surface area contributed by atoms with E-state index in [2.05, 4.69) is 32.9 Å². The molecule has 0 bridgehead atoms. The van der Waals surface area contributed by atoms with E-state index in [0.29, 0.717) is 11.5 Å². The molecule has 11 heavy (non-hydrogen) atoms. The Morgan fingerprint density at radius 2 is 2.09 bits per heavy atom. The van der Waals surface area contributed by atoms with E-state index in [1.807, 2.05) is 0 Å². The van der Waals surface area contributed by atoms with E-state index in [0.717, 1.165) is 6.42 Å². The van der Waals surface area contributed by atoms with Crippen LogP contribution >= 0.6 is 0 Å². The smallest absolute Gasteiger partial charge is 0.0954 e. The van der Waals surface area contributed by atoms with Crippen molar-refractivity contribution in [1.29, 1.82) is 0 Å². The molecule has 0 amide bonds. The lowest BCUT2D eigenvalue weighted by Gasteiger charge is -2.17.